The van der Waals surface area contributed by atoms with E-state index in [1.807, 2.05) is 0 Å². The summed E-state index contributed by atoms with van der Waals surface area (Å²) in [4.78, 5) is 0. The lowest BCUT2D eigenvalue weighted by Crippen LogP contribution is -2.60. The van der Waals surface area contributed by atoms with Crippen molar-refractivity contribution in [3.63, 3.8) is 0 Å². The third kappa shape index (κ3) is 2.62. The summed E-state index contributed by atoms with van der Waals surface area (Å²) >= 11 is 0. The number of fused-ring (bicyclic) bond motifs is 1. The molecule has 3 aliphatic rings. The lowest BCUT2D eigenvalue weighted by molar-refractivity contribution is -0.281. The second kappa shape index (κ2) is 6.04. The molecule has 0 bridgehead atoms. The van der Waals surface area contributed by atoms with Gasteiger partial charge in [-0.15, -0.1) is 0 Å². The largest absolute Gasteiger partial charge is 0.394 e. The molecule has 1 aliphatic heterocycles. The highest BCUT2D eigenvalue weighted by Crippen LogP contribution is 2.63. The van der Waals surface area contributed by atoms with Crippen molar-refractivity contribution in [1.82, 2.24) is 0 Å². The minimum atomic E-state index is -0.450. The van der Waals surface area contributed by atoms with Gasteiger partial charge in [0.15, 0.2) is 5.79 Å². The average molecular weight is 312 g/mol. The Balaban J connectivity index is 1.88. The van der Waals surface area contributed by atoms with Crippen LogP contribution in [-0.2, 0) is 14.2 Å². The molecule has 2 saturated carbocycles. The van der Waals surface area contributed by atoms with Crippen LogP contribution in [-0.4, -0.2) is 43.9 Å². The van der Waals surface area contributed by atoms with E-state index in [1.165, 1.54) is 25.7 Å². The van der Waals surface area contributed by atoms with Crippen molar-refractivity contribution < 1.29 is 19.3 Å². The van der Waals surface area contributed by atoms with E-state index in [0.29, 0.717) is 37.8 Å². The molecule has 1 N–H and O–H groups in total. The van der Waals surface area contributed by atoms with Crippen molar-refractivity contribution in [3.05, 3.63) is 0 Å². The van der Waals surface area contributed by atoms with E-state index >= 15 is 0 Å². The topological polar surface area (TPSA) is 47.9 Å². The zero-order valence-corrected chi connectivity index (χ0v) is 14.4. The van der Waals surface area contributed by atoms with E-state index < -0.39 is 5.79 Å². The molecule has 1 spiro atoms. The molecule has 4 nitrogen and oxygen atoms in total. The molecular weight excluding hydrogens is 280 g/mol. The van der Waals surface area contributed by atoms with Gasteiger partial charge >= 0.3 is 0 Å². The zero-order chi connectivity index (χ0) is 15.8. The Bertz CT molecular complexity index is 389. The van der Waals surface area contributed by atoms with Crippen molar-refractivity contribution in [2.75, 3.05) is 33.0 Å². The third-order valence-corrected chi connectivity index (χ3v) is 6.68. The Kier molecular flexibility index (Phi) is 4.59. The molecule has 4 heteroatoms. The van der Waals surface area contributed by atoms with Crippen LogP contribution < -0.4 is 0 Å². The summed E-state index contributed by atoms with van der Waals surface area (Å²) in [6.45, 7) is 9.77. The summed E-state index contributed by atoms with van der Waals surface area (Å²) in [5.74, 6) is 0.496. The Morgan fingerprint density at radius 3 is 2.50 bits per heavy atom. The summed E-state index contributed by atoms with van der Waals surface area (Å²) in [6.07, 6.45) is 5.96. The molecule has 3 fully saturated rings. The van der Waals surface area contributed by atoms with Crippen molar-refractivity contribution >= 4 is 0 Å². The van der Waals surface area contributed by atoms with Gasteiger partial charge in [-0.2, -0.15) is 0 Å². The highest BCUT2D eigenvalue weighted by molar-refractivity contribution is 5.07. The maximum Gasteiger partial charge on any atom is 0.174 e. The number of aliphatic hydroxyl groups is 1. The van der Waals surface area contributed by atoms with Gasteiger partial charge in [0, 0.05) is 12.3 Å². The van der Waals surface area contributed by atoms with Crippen molar-refractivity contribution in [2.45, 2.75) is 58.7 Å². The molecule has 3 unspecified atom stereocenters. The lowest BCUT2D eigenvalue weighted by Gasteiger charge is -2.61. The molecule has 0 radical (unpaired) electrons. The van der Waals surface area contributed by atoms with Crippen molar-refractivity contribution in [2.24, 2.45) is 22.7 Å². The molecule has 0 aromatic heterocycles. The lowest BCUT2D eigenvalue weighted by atomic mass is 9.47. The molecule has 0 aromatic rings. The molecular formula is C18H32O4. The van der Waals surface area contributed by atoms with Gasteiger partial charge in [0.1, 0.15) is 0 Å². The molecule has 2 aliphatic carbocycles. The van der Waals surface area contributed by atoms with Gasteiger partial charge in [-0.1, -0.05) is 27.2 Å². The van der Waals surface area contributed by atoms with E-state index in [0.717, 1.165) is 6.42 Å². The first-order valence-corrected chi connectivity index (χ1v) is 8.91. The second-order valence-electron chi connectivity index (χ2n) is 8.30. The number of hydrogen-bond acceptors (Lipinski definition) is 4. The molecule has 3 rings (SSSR count). The fourth-order valence-corrected chi connectivity index (χ4v) is 5.72. The number of aliphatic hydroxyl groups excluding tert-OH is 1. The number of hydrogen-bond donors (Lipinski definition) is 1. The van der Waals surface area contributed by atoms with E-state index in [4.69, 9.17) is 19.3 Å². The first-order chi connectivity index (χ1) is 10.4. The van der Waals surface area contributed by atoms with Gasteiger partial charge in [-0.25, -0.2) is 0 Å². The molecule has 0 aromatic carbocycles. The average Bonchev–Trinajstić information content (AvgIpc) is 2.90. The normalized spacial score (nSPS) is 39.8. The monoisotopic (exact) mass is 312 g/mol. The fraction of sp³-hybridized carbons (Fsp3) is 1.00. The first-order valence-electron chi connectivity index (χ1n) is 8.91. The molecule has 1 saturated heterocycles. The van der Waals surface area contributed by atoms with Gasteiger partial charge in [0.05, 0.1) is 33.0 Å². The quantitative estimate of drug-likeness (QED) is 0.811. The van der Waals surface area contributed by atoms with Crippen LogP contribution in [0.3, 0.4) is 0 Å². The Labute approximate surface area is 134 Å². The molecule has 22 heavy (non-hydrogen) atoms. The molecule has 3 atom stereocenters. The van der Waals surface area contributed by atoms with Gasteiger partial charge in [0.25, 0.3) is 0 Å². The fourth-order valence-electron chi connectivity index (χ4n) is 5.72. The zero-order valence-electron chi connectivity index (χ0n) is 14.4. The van der Waals surface area contributed by atoms with Crippen molar-refractivity contribution in [1.29, 1.82) is 0 Å². The summed E-state index contributed by atoms with van der Waals surface area (Å²) in [7, 11) is 0. The van der Waals surface area contributed by atoms with Crippen molar-refractivity contribution in [3.8, 4) is 0 Å². The highest BCUT2D eigenvalue weighted by atomic mass is 16.7. The predicted molar refractivity (Wildman–Crippen MR) is 84.5 cm³/mol. The van der Waals surface area contributed by atoms with Crippen LogP contribution in [0, 0.1) is 22.7 Å². The van der Waals surface area contributed by atoms with Crippen LogP contribution in [0.4, 0.5) is 0 Å². The highest BCUT2D eigenvalue weighted by Gasteiger charge is 2.62. The van der Waals surface area contributed by atoms with Gasteiger partial charge < -0.3 is 19.3 Å². The third-order valence-electron chi connectivity index (χ3n) is 6.68. The van der Waals surface area contributed by atoms with Gasteiger partial charge in [-0.3, -0.25) is 0 Å². The maximum absolute atomic E-state index is 9.04. The molecule has 0 amide bonds. The van der Waals surface area contributed by atoms with E-state index in [-0.39, 0.29) is 17.9 Å². The van der Waals surface area contributed by atoms with E-state index in [9.17, 15) is 0 Å². The summed E-state index contributed by atoms with van der Waals surface area (Å²) in [5.41, 5.74) is 0.572. The van der Waals surface area contributed by atoms with Crippen LogP contribution in [0.5, 0.6) is 0 Å². The van der Waals surface area contributed by atoms with E-state index in [1.54, 1.807) is 0 Å². The van der Waals surface area contributed by atoms with Crippen LogP contribution >= 0.6 is 0 Å². The van der Waals surface area contributed by atoms with Crippen LogP contribution in [0.1, 0.15) is 52.9 Å². The summed E-state index contributed by atoms with van der Waals surface area (Å²) in [6, 6.07) is 0. The first kappa shape index (κ1) is 16.7. The van der Waals surface area contributed by atoms with E-state index in [2.05, 4.69) is 20.8 Å². The minimum Gasteiger partial charge on any atom is -0.394 e. The summed E-state index contributed by atoms with van der Waals surface area (Å²) < 4.78 is 18.1. The molecule has 128 valence electrons. The van der Waals surface area contributed by atoms with Crippen LogP contribution in [0.15, 0.2) is 0 Å². The Morgan fingerprint density at radius 2 is 1.82 bits per heavy atom. The predicted octanol–water partition coefficient (Wildman–Crippen LogP) is 2.98. The second-order valence-corrected chi connectivity index (χ2v) is 8.30. The summed E-state index contributed by atoms with van der Waals surface area (Å²) in [5, 5.41) is 9.04. The standard InChI is InChI=1S/C18H32O4/c1-16(2)6-4-7-17(3)14(16)5-8-18(21-11-12-22-18)15(17)13-20-10-9-19/h14-15,19H,4-13H2,1-3H3. The minimum absolute atomic E-state index is 0.0765. The van der Waals surface area contributed by atoms with Crippen LogP contribution in [0.2, 0.25) is 0 Å². The Hall–Kier alpha value is -0.160. The van der Waals surface area contributed by atoms with Gasteiger partial charge in [-0.05, 0) is 36.0 Å². The maximum atomic E-state index is 9.04. The van der Waals surface area contributed by atoms with Crippen LogP contribution in [0.25, 0.3) is 0 Å². The van der Waals surface area contributed by atoms with Gasteiger partial charge in [0.2, 0.25) is 0 Å². The number of rotatable bonds is 4. The number of ether oxygens (including phenoxy) is 3. The molecule has 1 heterocycles. The Morgan fingerprint density at radius 1 is 1.09 bits per heavy atom. The smallest absolute Gasteiger partial charge is 0.174 e. The SMILES string of the molecule is CC1(C)CCCC2(C)C1CCC1(OCCO1)C2COCCO.